The maximum Gasteiger partial charge on any atom is 0.0472 e. The molecule has 2 heterocycles. The lowest BCUT2D eigenvalue weighted by atomic mass is 9.78. The van der Waals surface area contributed by atoms with E-state index < -0.39 is 0 Å². The van der Waals surface area contributed by atoms with E-state index in [1.54, 1.807) is 0 Å². The monoisotopic (exact) mass is 280 g/mol. The van der Waals surface area contributed by atoms with E-state index in [0.29, 0.717) is 5.41 Å². The van der Waals surface area contributed by atoms with E-state index in [-0.39, 0.29) is 0 Å². The molecule has 1 aliphatic carbocycles. The molecule has 116 valence electrons. The summed E-state index contributed by atoms with van der Waals surface area (Å²) in [7, 11) is 0. The zero-order chi connectivity index (χ0) is 13.8. The van der Waals surface area contributed by atoms with Gasteiger partial charge in [0.2, 0.25) is 0 Å². The third kappa shape index (κ3) is 3.20. The van der Waals surface area contributed by atoms with Crippen molar-refractivity contribution in [2.45, 2.75) is 57.9 Å². The molecule has 2 unspecified atom stereocenters. The van der Waals surface area contributed by atoms with Gasteiger partial charge >= 0.3 is 0 Å². The lowest BCUT2D eigenvalue weighted by molar-refractivity contribution is -0.00961. The largest absolute Gasteiger partial charge is 0.381 e. The predicted molar refractivity (Wildman–Crippen MR) is 83.0 cm³/mol. The Morgan fingerprint density at radius 3 is 2.75 bits per heavy atom. The molecule has 20 heavy (non-hydrogen) atoms. The molecule has 0 aromatic heterocycles. The highest BCUT2D eigenvalue weighted by atomic mass is 16.5. The SMILES string of the molecule is CCNCC1(CN2CCC3CCCCC32)CCOCC1. The van der Waals surface area contributed by atoms with Crippen LogP contribution in [0.1, 0.15) is 51.9 Å². The highest BCUT2D eigenvalue weighted by Crippen LogP contribution is 2.40. The van der Waals surface area contributed by atoms with Gasteiger partial charge in [-0.2, -0.15) is 0 Å². The van der Waals surface area contributed by atoms with E-state index in [1.165, 1.54) is 64.6 Å². The molecule has 2 aliphatic heterocycles. The van der Waals surface area contributed by atoms with Gasteiger partial charge in [0.05, 0.1) is 0 Å². The number of rotatable bonds is 5. The fourth-order valence-corrected chi connectivity index (χ4v) is 4.72. The smallest absolute Gasteiger partial charge is 0.0472 e. The second kappa shape index (κ2) is 6.76. The van der Waals surface area contributed by atoms with Gasteiger partial charge in [0.15, 0.2) is 0 Å². The number of likely N-dealkylation sites (tertiary alicyclic amines) is 1. The maximum atomic E-state index is 5.63. The van der Waals surface area contributed by atoms with Crippen LogP contribution in [0.2, 0.25) is 0 Å². The number of hydrogen-bond donors (Lipinski definition) is 1. The fraction of sp³-hybridized carbons (Fsp3) is 1.00. The first-order valence-electron chi connectivity index (χ1n) is 8.85. The zero-order valence-corrected chi connectivity index (χ0v) is 13.2. The van der Waals surface area contributed by atoms with E-state index >= 15 is 0 Å². The lowest BCUT2D eigenvalue weighted by Crippen LogP contribution is -2.49. The van der Waals surface area contributed by atoms with Crippen molar-refractivity contribution in [1.29, 1.82) is 0 Å². The molecule has 0 spiro atoms. The van der Waals surface area contributed by atoms with Crippen LogP contribution in [0.5, 0.6) is 0 Å². The van der Waals surface area contributed by atoms with Crippen LogP contribution in [-0.4, -0.2) is 50.3 Å². The van der Waals surface area contributed by atoms with E-state index in [0.717, 1.165) is 31.7 Å². The van der Waals surface area contributed by atoms with Gasteiger partial charge in [-0.1, -0.05) is 19.8 Å². The van der Waals surface area contributed by atoms with Crippen molar-refractivity contribution in [2.24, 2.45) is 11.3 Å². The summed E-state index contributed by atoms with van der Waals surface area (Å²) in [6.45, 7) is 9.09. The molecule has 0 aromatic carbocycles. The molecule has 0 bridgehead atoms. The summed E-state index contributed by atoms with van der Waals surface area (Å²) in [5.41, 5.74) is 0.473. The van der Waals surface area contributed by atoms with Crippen LogP contribution in [0.25, 0.3) is 0 Å². The number of hydrogen-bond acceptors (Lipinski definition) is 3. The molecule has 3 heteroatoms. The normalized spacial score (nSPS) is 34.0. The molecular weight excluding hydrogens is 248 g/mol. The maximum absolute atomic E-state index is 5.63. The summed E-state index contributed by atoms with van der Waals surface area (Å²) >= 11 is 0. The first-order chi connectivity index (χ1) is 9.83. The van der Waals surface area contributed by atoms with Crippen molar-refractivity contribution in [1.82, 2.24) is 10.2 Å². The molecule has 0 amide bonds. The summed E-state index contributed by atoms with van der Waals surface area (Å²) < 4.78 is 5.63. The van der Waals surface area contributed by atoms with Crippen molar-refractivity contribution in [2.75, 3.05) is 39.4 Å². The molecule has 2 saturated heterocycles. The van der Waals surface area contributed by atoms with Crippen molar-refractivity contribution in [3.8, 4) is 0 Å². The highest BCUT2D eigenvalue weighted by molar-refractivity contribution is 4.95. The van der Waals surface area contributed by atoms with Crippen LogP contribution < -0.4 is 5.32 Å². The third-order valence-corrected chi connectivity index (χ3v) is 5.97. The number of nitrogens with one attached hydrogen (secondary N) is 1. The van der Waals surface area contributed by atoms with Gasteiger partial charge in [0.1, 0.15) is 0 Å². The molecule has 0 aromatic rings. The van der Waals surface area contributed by atoms with Crippen molar-refractivity contribution in [3.63, 3.8) is 0 Å². The Morgan fingerprint density at radius 1 is 1.15 bits per heavy atom. The van der Waals surface area contributed by atoms with E-state index in [2.05, 4.69) is 17.1 Å². The summed E-state index contributed by atoms with van der Waals surface area (Å²) in [4.78, 5) is 2.85. The molecule has 3 fully saturated rings. The first kappa shape index (κ1) is 14.8. The van der Waals surface area contributed by atoms with Crippen LogP contribution in [0.4, 0.5) is 0 Å². The van der Waals surface area contributed by atoms with E-state index in [9.17, 15) is 0 Å². The fourth-order valence-electron chi connectivity index (χ4n) is 4.72. The van der Waals surface area contributed by atoms with Crippen LogP contribution in [0.15, 0.2) is 0 Å². The average molecular weight is 280 g/mol. The molecule has 1 saturated carbocycles. The molecule has 3 rings (SSSR count). The van der Waals surface area contributed by atoms with Crippen LogP contribution >= 0.6 is 0 Å². The molecule has 3 nitrogen and oxygen atoms in total. The Bertz CT molecular complexity index is 301. The van der Waals surface area contributed by atoms with Gasteiger partial charge in [-0.25, -0.2) is 0 Å². The minimum absolute atomic E-state index is 0.473. The Balaban J connectivity index is 1.63. The van der Waals surface area contributed by atoms with Gasteiger partial charge in [-0.3, -0.25) is 4.90 Å². The number of fused-ring (bicyclic) bond motifs is 1. The van der Waals surface area contributed by atoms with Gasteiger partial charge in [0, 0.05) is 32.3 Å². The Morgan fingerprint density at radius 2 is 1.95 bits per heavy atom. The standard InChI is InChI=1S/C17H32N2O/c1-2-18-13-17(8-11-20-12-9-17)14-19-10-7-15-5-3-4-6-16(15)19/h15-16,18H,2-14H2,1H3. The van der Waals surface area contributed by atoms with Gasteiger partial charge in [-0.15, -0.1) is 0 Å². The number of ether oxygens (including phenoxy) is 1. The number of nitrogens with zero attached hydrogens (tertiary/aromatic N) is 1. The van der Waals surface area contributed by atoms with Crippen LogP contribution in [0, 0.1) is 11.3 Å². The summed E-state index contributed by atoms with van der Waals surface area (Å²) in [5, 5.41) is 3.62. The van der Waals surface area contributed by atoms with Crippen molar-refractivity contribution >= 4 is 0 Å². The minimum Gasteiger partial charge on any atom is -0.381 e. The van der Waals surface area contributed by atoms with Crippen molar-refractivity contribution < 1.29 is 4.74 Å². The second-order valence-electron chi connectivity index (χ2n) is 7.26. The second-order valence-corrected chi connectivity index (χ2v) is 7.26. The minimum atomic E-state index is 0.473. The first-order valence-corrected chi connectivity index (χ1v) is 8.85. The molecule has 2 atom stereocenters. The molecular formula is C17H32N2O. The Hall–Kier alpha value is -0.120. The van der Waals surface area contributed by atoms with Gasteiger partial charge in [0.25, 0.3) is 0 Å². The average Bonchev–Trinajstić information content (AvgIpc) is 2.89. The molecule has 3 aliphatic rings. The van der Waals surface area contributed by atoms with Gasteiger partial charge < -0.3 is 10.1 Å². The van der Waals surface area contributed by atoms with Crippen LogP contribution in [-0.2, 0) is 4.74 Å². The van der Waals surface area contributed by atoms with Crippen LogP contribution in [0.3, 0.4) is 0 Å². The summed E-state index contributed by atoms with van der Waals surface area (Å²) in [6, 6.07) is 0.907. The summed E-state index contributed by atoms with van der Waals surface area (Å²) in [6.07, 6.45) is 9.83. The van der Waals surface area contributed by atoms with E-state index in [1.807, 2.05) is 0 Å². The van der Waals surface area contributed by atoms with Crippen molar-refractivity contribution in [3.05, 3.63) is 0 Å². The Labute approximate surface area is 124 Å². The zero-order valence-electron chi connectivity index (χ0n) is 13.2. The van der Waals surface area contributed by atoms with Gasteiger partial charge in [-0.05, 0) is 56.5 Å². The molecule has 1 N–H and O–H groups in total. The third-order valence-electron chi connectivity index (χ3n) is 5.97. The quantitative estimate of drug-likeness (QED) is 0.838. The topological polar surface area (TPSA) is 24.5 Å². The summed E-state index contributed by atoms with van der Waals surface area (Å²) in [5.74, 6) is 1.01. The molecule has 0 radical (unpaired) electrons. The predicted octanol–water partition coefficient (Wildman–Crippen LogP) is 2.66. The lowest BCUT2D eigenvalue weighted by Gasteiger charge is -2.43. The van der Waals surface area contributed by atoms with E-state index in [4.69, 9.17) is 4.74 Å². The Kier molecular flexibility index (Phi) is 5.00. The highest BCUT2D eigenvalue weighted by Gasteiger charge is 2.41.